The van der Waals surface area contributed by atoms with Crippen LogP contribution in [0.4, 0.5) is 13.2 Å². The van der Waals surface area contributed by atoms with Crippen LogP contribution in [0.25, 0.3) is 0 Å². The Hall–Kier alpha value is -2.17. The Morgan fingerprint density at radius 2 is 1.76 bits per heavy atom. The molecule has 0 bridgehead atoms. The molecule has 2 N–H and O–H groups in total. The monoisotopic (exact) mass is 397 g/mol. The first kappa shape index (κ1) is 20.9. The van der Waals surface area contributed by atoms with Crippen molar-refractivity contribution >= 4 is 33.2 Å². The molecule has 2 rings (SSSR count). The number of carbonyl (C=O) groups excluding carboxylic acids is 1. The maximum absolute atomic E-state index is 11.9. The second-order valence-corrected chi connectivity index (χ2v) is 6.35. The average molecular weight is 398 g/mol. The number of hydrogen-bond acceptors (Lipinski definition) is 5. The van der Waals surface area contributed by atoms with Crippen molar-refractivity contribution < 1.29 is 36.1 Å². The van der Waals surface area contributed by atoms with E-state index in [-0.39, 0.29) is 17.0 Å². The molecule has 0 amide bonds. The molecule has 0 saturated carbocycles. The minimum Gasteiger partial charge on any atom is -0.411 e. The smallest absolute Gasteiger partial charge is 0.411 e. The highest BCUT2D eigenvalue weighted by Crippen LogP contribution is 2.22. The molecular weight excluding hydrogens is 387 g/mol. The lowest BCUT2D eigenvalue weighted by Gasteiger charge is -2.06. The van der Waals surface area contributed by atoms with Crippen molar-refractivity contribution in [3.63, 3.8) is 0 Å². The van der Waals surface area contributed by atoms with Gasteiger partial charge >= 0.3 is 6.18 Å². The van der Waals surface area contributed by atoms with E-state index in [1.54, 1.807) is 6.08 Å². The minimum atomic E-state index is -4.83. The summed E-state index contributed by atoms with van der Waals surface area (Å²) in [5.74, 6) is -1.86. The third-order valence-corrected chi connectivity index (χ3v) is 3.92. The predicted octanol–water partition coefficient (Wildman–Crippen LogP) is 3.63. The molecule has 0 atom stereocenters. The number of benzene rings is 1. The van der Waals surface area contributed by atoms with Crippen LogP contribution in [0.2, 0.25) is 5.02 Å². The fraction of sp³-hybridized carbons (Fsp3) is 0.143. The molecule has 0 spiro atoms. The first-order chi connectivity index (χ1) is 11.5. The van der Waals surface area contributed by atoms with Crippen LogP contribution >= 0.6 is 11.6 Å². The van der Waals surface area contributed by atoms with Crippen LogP contribution in [0.15, 0.2) is 52.6 Å². The number of halogens is 4. The van der Waals surface area contributed by atoms with Gasteiger partial charge in [-0.25, -0.2) is 0 Å². The molecule has 0 unspecified atom stereocenters. The first-order valence-corrected chi connectivity index (χ1v) is 8.21. The number of rotatable bonds is 2. The maximum atomic E-state index is 11.9. The Balaban J connectivity index is 0.000000251. The summed E-state index contributed by atoms with van der Waals surface area (Å²) in [5, 5.41) is 11.4. The third kappa shape index (κ3) is 6.33. The molecule has 1 aliphatic rings. The van der Waals surface area contributed by atoms with Gasteiger partial charge in [0.05, 0.1) is 0 Å². The molecule has 6 nitrogen and oxygen atoms in total. The van der Waals surface area contributed by atoms with Crippen molar-refractivity contribution in [1.82, 2.24) is 0 Å². The lowest BCUT2D eigenvalue weighted by atomic mass is 10.1. The minimum absolute atomic E-state index is 0.0556. The highest BCUT2D eigenvalue weighted by Gasteiger charge is 2.39. The normalized spacial score (nSPS) is 16.0. The second-order valence-electron chi connectivity index (χ2n) is 4.52. The first-order valence-electron chi connectivity index (χ1n) is 6.39. The molecule has 0 heterocycles. The summed E-state index contributed by atoms with van der Waals surface area (Å²) < 4.78 is 65.4. The fourth-order valence-electron chi connectivity index (χ4n) is 1.62. The number of Topliss-reactive ketones (excluding diaryl/α,β-unsaturated/α-hetero) is 1. The Morgan fingerprint density at radius 3 is 2.16 bits per heavy atom. The van der Waals surface area contributed by atoms with E-state index in [1.807, 2.05) is 0 Å². The van der Waals surface area contributed by atoms with Crippen LogP contribution in [0.3, 0.4) is 0 Å². The molecular formula is C14H11ClF3NO5S. The topological polar surface area (TPSA) is 104 Å². The molecule has 25 heavy (non-hydrogen) atoms. The zero-order valence-electron chi connectivity index (χ0n) is 12.2. The van der Waals surface area contributed by atoms with Crippen molar-refractivity contribution in [2.75, 3.05) is 0 Å². The lowest BCUT2D eigenvalue weighted by molar-refractivity contribution is -0.0885. The largest absolute Gasteiger partial charge is 0.454 e. The van der Waals surface area contributed by atoms with Gasteiger partial charge in [-0.1, -0.05) is 28.9 Å². The number of oxime groups is 1. The summed E-state index contributed by atoms with van der Waals surface area (Å²) >= 11 is 5.44. The Morgan fingerprint density at radius 1 is 1.20 bits per heavy atom. The lowest BCUT2D eigenvalue weighted by Crippen LogP contribution is -2.22. The summed E-state index contributed by atoms with van der Waals surface area (Å²) in [6.45, 7) is 0. The second kappa shape index (κ2) is 8.28. The van der Waals surface area contributed by atoms with Gasteiger partial charge in [-0.2, -0.15) is 21.6 Å². The molecule has 1 aromatic carbocycles. The zero-order chi connectivity index (χ0) is 19.3. The van der Waals surface area contributed by atoms with Gasteiger partial charge in [-0.3, -0.25) is 9.35 Å². The molecule has 0 aromatic heterocycles. The molecule has 1 aromatic rings. The van der Waals surface area contributed by atoms with Crippen LogP contribution in [-0.4, -0.2) is 35.8 Å². The molecule has 0 radical (unpaired) electrons. The highest BCUT2D eigenvalue weighted by molar-refractivity contribution is 7.90. The van der Waals surface area contributed by atoms with Crippen molar-refractivity contribution in [2.24, 2.45) is 5.16 Å². The zero-order valence-corrected chi connectivity index (χ0v) is 13.8. The van der Waals surface area contributed by atoms with Gasteiger partial charge in [0.2, 0.25) is 0 Å². The van der Waals surface area contributed by atoms with Gasteiger partial charge < -0.3 is 5.21 Å². The van der Waals surface area contributed by atoms with E-state index in [9.17, 15) is 26.4 Å². The van der Waals surface area contributed by atoms with E-state index >= 15 is 0 Å². The van der Waals surface area contributed by atoms with Crippen LogP contribution in [0, 0.1) is 0 Å². The van der Waals surface area contributed by atoms with Crippen molar-refractivity contribution in [3.05, 3.63) is 58.0 Å². The summed E-state index contributed by atoms with van der Waals surface area (Å²) in [4.78, 5) is 10.3. The van der Waals surface area contributed by atoms with Crippen molar-refractivity contribution in [1.29, 1.82) is 0 Å². The Bertz CT molecular complexity index is 827. The number of ketones is 1. The van der Waals surface area contributed by atoms with E-state index < -0.39 is 27.6 Å². The summed E-state index contributed by atoms with van der Waals surface area (Å²) in [6, 6.07) is 4.55. The highest BCUT2D eigenvalue weighted by atomic mass is 35.5. The van der Waals surface area contributed by atoms with Gasteiger partial charge in [0, 0.05) is 17.0 Å². The van der Waals surface area contributed by atoms with E-state index in [2.05, 4.69) is 5.16 Å². The van der Waals surface area contributed by atoms with E-state index in [0.29, 0.717) is 5.02 Å². The van der Waals surface area contributed by atoms with Gasteiger partial charge in [0.25, 0.3) is 15.9 Å². The molecule has 11 heteroatoms. The molecule has 136 valence electrons. The Labute approximate surface area is 145 Å². The van der Waals surface area contributed by atoms with Crippen LogP contribution in [0.1, 0.15) is 16.8 Å². The standard InChI is InChI=1S/C8H4ClF3O.C6H7NO4S/c9-6-3-1-5(2-4-6)7(13)8(10,11)12;8-7-5-3-1-2-4-6(5)12(9,10)11/h1-4H;1-2,4,8H,3H2,(H,9,10,11). The number of nitrogens with zero attached hydrogens (tertiary/aromatic N) is 1. The summed E-state index contributed by atoms with van der Waals surface area (Å²) in [7, 11) is -4.27. The van der Waals surface area contributed by atoms with Gasteiger partial charge in [-0.15, -0.1) is 0 Å². The SMILES string of the molecule is O=C(c1ccc(Cl)cc1)C(F)(F)F.O=S(=O)(O)C1=CC=CCC1=NO. The van der Waals surface area contributed by atoms with Gasteiger partial charge in [0.1, 0.15) is 10.6 Å². The number of alkyl halides is 3. The van der Waals surface area contributed by atoms with Crippen LogP contribution in [0.5, 0.6) is 0 Å². The van der Waals surface area contributed by atoms with E-state index in [1.165, 1.54) is 24.3 Å². The molecule has 0 fully saturated rings. The molecule has 1 aliphatic carbocycles. The summed E-state index contributed by atoms with van der Waals surface area (Å²) in [6.07, 6.45) is -0.370. The predicted molar refractivity (Wildman–Crippen MR) is 84.4 cm³/mol. The van der Waals surface area contributed by atoms with E-state index in [4.69, 9.17) is 21.4 Å². The maximum Gasteiger partial charge on any atom is 0.454 e. The van der Waals surface area contributed by atoms with Crippen LogP contribution in [-0.2, 0) is 10.1 Å². The van der Waals surface area contributed by atoms with E-state index in [0.717, 1.165) is 12.1 Å². The Kier molecular flexibility index (Phi) is 6.91. The number of hydrogen-bond donors (Lipinski definition) is 2. The number of allylic oxidation sites excluding steroid dienone is 4. The summed E-state index contributed by atoms with van der Waals surface area (Å²) in [5.41, 5.74) is -0.461. The third-order valence-electron chi connectivity index (χ3n) is 2.74. The average Bonchev–Trinajstić information content (AvgIpc) is 2.54. The van der Waals surface area contributed by atoms with Crippen molar-refractivity contribution in [2.45, 2.75) is 12.6 Å². The van der Waals surface area contributed by atoms with Crippen LogP contribution < -0.4 is 0 Å². The number of carbonyl (C=O) groups is 1. The molecule has 0 aliphatic heterocycles. The van der Waals surface area contributed by atoms with Crippen molar-refractivity contribution in [3.8, 4) is 0 Å². The quantitative estimate of drug-likeness (QED) is 0.343. The molecule has 0 saturated heterocycles. The fourth-order valence-corrected chi connectivity index (χ4v) is 2.42. The van der Waals surface area contributed by atoms with Gasteiger partial charge in [-0.05, 0) is 30.3 Å². The van der Waals surface area contributed by atoms with Gasteiger partial charge in [0.15, 0.2) is 0 Å².